The van der Waals surface area contributed by atoms with E-state index in [9.17, 15) is 0 Å². The molecule has 2 aliphatic rings. The zero-order valence-electron chi connectivity index (χ0n) is 7.51. The number of nitrogens with one attached hydrogen (secondary N) is 2. The molecule has 0 saturated carbocycles. The van der Waals surface area contributed by atoms with Gasteiger partial charge in [-0.1, -0.05) is 0 Å². The maximum absolute atomic E-state index is 3.65. The Morgan fingerprint density at radius 3 is 3.08 bits per heavy atom. The van der Waals surface area contributed by atoms with Gasteiger partial charge >= 0.3 is 0 Å². The Bertz CT molecular complexity index is 112. The minimum Gasteiger partial charge on any atom is -0.315 e. The van der Waals surface area contributed by atoms with Crippen molar-refractivity contribution in [2.24, 2.45) is 5.92 Å². The van der Waals surface area contributed by atoms with Crippen LogP contribution in [0.5, 0.6) is 0 Å². The average Bonchev–Trinajstić information content (AvgIpc) is 2.74. The summed E-state index contributed by atoms with van der Waals surface area (Å²) >= 11 is 2.11. The zero-order chi connectivity index (χ0) is 8.23. The fourth-order valence-electron chi connectivity index (χ4n) is 1.91. The molecule has 0 aromatic rings. The first-order chi connectivity index (χ1) is 5.95. The van der Waals surface area contributed by atoms with Gasteiger partial charge in [-0.25, -0.2) is 0 Å². The van der Waals surface area contributed by atoms with E-state index in [2.05, 4.69) is 22.4 Å². The molecule has 0 spiro atoms. The number of hydrogen-bond donors (Lipinski definition) is 2. The van der Waals surface area contributed by atoms with Crippen molar-refractivity contribution in [3.63, 3.8) is 0 Å². The van der Waals surface area contributed by atoms with Crippen molar-refractivity contribution in [3.8, 4) is 0 Å². The number of hydrogen-bond acceptors (Lipinski definition) is 3. The van der Waals surface area contributed by atoms with Crippen molar-refractivity contribution in [2.75, 3.05) is 31.1 Å². The van der Waals surface area contributed by atoms with E-state index in [-0.39, 0.29) is 0 Å². The molecular formula is C9H18N2S. The monoisotopic (exact) mass is 186 g/mol. The third-order valence-electron chi connectivity index (χ3n) is 2.78. The molecule has 2 atom stereocenters. The van der Waals surface area contributed by atoms with Crippen molar-refractivity contribution in [1.82, 2.24) is 10.6 Å². The molecule has 2 fully saturated rings. The van der Waals surface area contributed by atoms with Gasteiger partial charge in [0.15, 0.2) is 0 Å². The molecule has 70 valence electrons. The van der Waals surface area contributed by atoms with E-state index in [1.54, 1.807) is 0 Å². The SMILES string of the molecule is C1CC(NCC2CCSC2)CN1. The van der Waals surface area contributed by atoms with Crippen LogP contribution in [0.25, 0.3) is 0 Å². The van der Waals surface area contributed by atoms with E-state index in [1.807, 2.05) is 0 Å². The van der Waals surface area contributed by atoms with Crippen LogP contribution in [0, 0.1) is 5.92 Å². The van der Waals surface area contributed by atoms with Crippen LogP contribution in [0.3, 0.4) is 0 Å². The smallest absolute Gasteiger partial charge is 0.0204 e. The lowest BCUT2D eigenvalue weighted by molar-refractivity contribution is 0.467. The lowest BCUT2D eigenvalue weighted by Gasteiger charge is -2.14. The molecule has 2 unspecified atom stereocenters. The fourth-order valence-corrected chi connectivity index (χ4v) is 3.19. The van der Waals surface area contributed by atoms with Gasteiger partial charge in [-0.2, -0.15) is 11.8 Å². The Kier molecular flexibility index (Phi) is 3.31. The summed E-state index contributed by atoms with van der Waals surface area (Å²) in [6, 6.07) is 0.760. The summed E-state index contributed by atoms with van der Waals surface area (Å²) < 4.78 is 0. The van der Waals surface area contributed by atoms with Crippen LogP contribution in [0.15, 0.2) is 0 Å². The largest absolute Gasteiger partial charge is 0.315 e. The molecular weight excluding hydrogens is 168 g/mol. The average molecular weight is 186 g/mol. The minimum atomic E-state index is 0.760. The van der Waals surface area contributed by atoms with Crippen molar-refractivity contribution in [2.45, 2.75) is 18.9 Å². The second-order valence-electron chi connectivity index (χ2n) is 3.83. The highest BCUT2D eigenvalue weighted by Gasteiger charge is 2.18. The first-order valence-corrected chi connectivity index (χ1v) is 6.12. The van der Waals surface area contributed by atoms with E-state index in [0.29, 0.717) is 0 Å². The molecule has 3 heteroatoms. The van der Waals surface area contributed by atoms with E-state index in [0.717, 1.165) is 12.0 Å². The van der Waals surface area contributed by atoms with Crippen LogP contribution >= 0.6 is 11.8 Å². The molecule has 0 aliphatic carbocycles. The highest BCUT2D eigenvalue weighted by atomic mass is 32.2. The van der Waals surface area contributed by atoms with Gasteiger partial charge in [-0.05, 0) is 43.4 Å². The summed E-state index contributed by atoms with van der Waals surface area (Å²) in [5, 5.41) is 7.03. The normalized spacial score (nSPS) is 36.0. The van der Waals surface area contributed by atoms with Crippen molar-refractivity contribution < 1.29 is 0 Å². The fraction of sp³-hybridized carbons (Fsp3) is 1.00. The second-order valence-corrected chi connectivity index (χ2v) is 4.98. The van der Waals surface area contributed by atoms with Gasteiger partial charge in [0, 0.05) is 12.6 Å². The summed E-state index contributed by atoms with van der Waals surface area (Å²) in [7, 11) is 0. The van der Waals surface area contributed by atoms with Gasteiger partial charge < -0.3 is 10.6 Å². The van der Waals surface area contributed by atoms with Crippen LogP contribution < -0.4 is 10.6 Å². The first-order valence-electron chi connectivity index (χ1n) is 4.97. The maximum Gasteiger partial charge on any atom is 0.0204 e. The zero-order valence-corrected chi connectivity index (χ0v) is 8.33. The molecule has 0 radical (unpaired) electrons. The Morgan fingerprint density at radius 1 is 1.42 bits per heavy atom. The minimum absolute atomic E-state index is 0.760. The van der Waals surface area contributed by atoms with Crippen molar-refractivity contribution >= 4 is 11.8 Å². The number of rotatable bonds is 3. The second kappa shape index (κ2) is 4.49. The van der Waals surface area contributed by atoms with E-state index in [4.69, 9.17) is 0 Å². The quantitative estimate of drug-likeness (QED) is 0.678. The Balaban J connectivity index is 1.60. The molecule has 0 aromatic carbocycles. The Hall–Kier alpha value is 0.270. The summed E-state index contributed by atoms with van der Waals surface area (Å²) in [6.45, 7) is 3.64. The first kappa shape index (κ1) is 8.85. The third-order valence-corrected chi connectivity index (χ3v) is 4.01. The predicted octanol–water partition coefficient (Wildman–Crippen LogP) is 0.691. The lowest BCUT2D eigenvalue weighted by Crippen LogP contribution is -2.34. The summed E-state index contributed by atoms with van der Waals surface area (Å²) in [5.41, 5.74) is 0. The molecule has 0 bridgehead atoms. The van der Waals surface area contributed by atoms with Gasteiger partial charge in [-0.3, -0.25) is 0 Å². The van der Waals surface area contributed by atoms with Crippen LogP contribution in [0.2, 0.25) is 0 Å². The van der Waals surface area contributed by atoms with Gasteiger partial charge in [0.2, 0.25) is 0 Å². The molecule has 2 N–H and O–H groups in total. The maximum atomic E-state index is 3.65. The Labute approximate surface area is 78.9 Å². The summed E-state index contributed by atoms with van der Waals surface area (Å²) in [6.07, 6.45) is 2.75. The molecule has 2 heterocycles. The van der Waals surface area contributed by atoms with Crippen LogP contribution in [-0.4, -0.2) is 37.2 Å². The van der Waals surface area contributed by atoms with Crippen molar-refractivity contribution in [3.05, 3.63) is 0 Å². The third kappa shape index (κ3) is 2.38. The number of thioether (sulfide) groups is 1. The predicted molar refractivity (Wildman–Crippen MR) is 54.7 cm³/mol. The molecule has 2 nitrogen and oxygen atoms in total. The van der Waals surface area contributed by atoms with Crippen molar-refractivity contribution in [1.29, 1.82) is 0 Å². The van der Waals surface area contributed by atoms with Gasteiger partial charge in [0.1, 0.15) is 0 Å². The van der Waals surface area contributed by atoms with Crippen LogP contribution in [0.1, 0.15) is 12.8 Å². The van der Waals surface area contributed by atoms with Gasteiger partial charge in [-0.15, -0.1) is 0 Å². The highest BCUT2D eigenvalue weighted by molar-refractivity contribution is 7.99. The topological polar surface area (TPSA) is 24.1 Å². The molecule has 0 amide bonds. The molecule has 2 rings (SSSR count). The lowest BCUT2D eigenvalue weighted by atomic mass is 10.1. The molecule has 12 heavy (non-hydrogen) atoms. The van der Waals surface area contributed by atoms with Gasteiger partial charge in [0.25, 0.3) is 0 Å². The van der Waals surface area contributed by atoms with E-state index < -0.39 is 0 Å². The summed E-state index contributed by atoms with van der Waals surface area (Å²) in [4.78, 5) is 0. The summed E-state index contributed by atoms with van der Waals surface area (Å²) in [5.74, 6) is 3.72. The molecule has 0 aromatic heterocycles. The van der Waals surface area contributed by atoms with Crippen LogP contribution in [-0.2, 0) is 0 Å². The molecule has 2 aliphatic heterocycles. The van der Waals surface area contributed by atoms with Gasteiger partial charge in [0.05, 0.1) is 0 Å². The van der Waals surface area contributed by atoms with E-state index in [1.165, 1.54) is 44.0 Å². The standard InChI is InChI=1S/C9H18N2S/c1-3-10-6-9(1)11-5-8-2-4-12-7-8/h8-11H,1-7H2. The molecule has 2 saturated heterocycles. The van der Waals surface area contributed by atoms with Crippen LogP contribution in [0.4, 0.5) is 0 Å². The highest BCUT2D eigenvalue weighted by Crippen LogP contribution is 2.22. The Morgan fingerprint density at radius 2 is 2.42 bits per heavy atom. The van der Waals surface area contributed by atoms with E-state index >= 15 is 0 Å².